The van der Waals surface area contributed by atoms with E-state index in [4.69, 9.17) is 18.0 Å². The van der Waals surface area contributed by atoms with Gasteiger partial charge >= 0.3 is 0 Å². The SMILES string of the molecule is CN(C)CCCN(C)S(=O)(=O)c1ccc(C(N)=S)s1. The smallest absolute Gasteiger partial charge is 0.252 e. The Labute approximate surface area is 124 Å². The van der Waals surface area contributed by atoms with Crippen molar-refractivity contribution in [1.82, 2.24) is 9.21 Å². The van der Waals surface area contributed by atoms with Gasteiger partial charge in [0.15, 0.2) is 0 Å². The van der Waals surface area contributed by atoms with Crippen LogP contribution in [-0.4, -0.2) is 56.8 Å². The van der Waals surface area contributed by atoms with Crippen molar-refractivity contribution in [1.29, 1.82) is 0 Å². The van der Waals surface area contributed by atoms with Gasteiger partial charge in [0.25, 0.3) is 10.0 Å². The third kappa shape index (κ3) is 4.50. The molecule has 0 saturated heterocycles. The highest BCUT2D eigenvalue weighted by molar-refractivity contribution is 7.91. The van der Waals surface area contributed by atoms with E-state index in [-0.39, 0.29) is 9.20 Å². The Morgan fingerprint density at radius 3 is 2.42 bits per heavy atom. The lowest BCUT2D eigenvalue weighted by Crippen LogP contribution is -2.29. The number of nitrogens with zero attached hydrogens (tertiary/aromatic N) is 2. The molecule has 1 heterocycles. The van der Waals surface area contributed by atoms with Crippen LogP contribution in [0.25, 0.3) is 0 Å². The van der Waals surface area contributed by atoms with E-state index >= 15 is 0 Å². The number of nitrogens with two attached hydrogens (primary N) is 1. The molecule has 0 amide bonds. The van der Waals surface area contributed by atoms with Crippen molar-refractivity contribution >= 4 is 38.6 Å². The normalized spacial score (nSPS) is 12.3. The number of hydrogen-bond acceptors (Lipinski definition) is 5. The first-order chi connectivity index (χ1) is 8.75. The van der Waals surface area contributed by atoms with Crippen molar-refractivity contribution in [2.45, 2.75) is 10.6 Å². The number of thiocarbonyl (C=S) groups is 1. The Morgan fingerprint density at radius 1 is 1.32 bits per heavy atom. The van der Waals surface area contributed by atoms with Crippen molar-refractivity contribution in [2.24, 2.45) is 5.73 Å². The molecule has 8 heteroatoms. The zero-order valence-electron chi connectivity index (χ0n) is 11.3. The minimum absolute atomic E-state index is 0.224. The lowest BCUT2D eigenvalue weighted by atomic mass is 10.4. The molecule has 0 aliphatic carbocycles. The zero-order valence-corrected chi connectivity index (χ0v) is 13.7. The van der Waals surface area contributed by atoms with Crippen LogP contribution in [0.3, 0.4) is 0 Å². The Morgan fingerprint density at radius 2 is 1.95 bits per heavy atom. The van der Waals surface area contributed by atoms with Crippen molar-refractivity contribution in [3.8, 4) is 0 Å². The molecule has 0 bridgehead atoms. The fourth-order valence-electron chi connectivity index (χ4n) is 1.47. The largest absolute Gasteiger partial charge is 0.389 e. The van der Waals surface area contributed by atoms with Crippen molar-refractivity contribution in [3.05, 3.63) is 17.0 Å². The molecule has 0 fully saturated rings. The van der Waals surface area contributed by atoms with Gasteiger partial charge < -0.3 is 10.6 Å². The summed E-state index contributed by atoms with van der Waals surface area (Å²) in [5, 5.41) is 0. The van der Waals surface area contributed by atoms with Gasteiger partial charge in [-0.15, -0.1) is 11.3 Å². The van der Waals surface area contributed by atoms with Crippen molar-refractivity contribution < 1.29 is 8.42 Å². The Bertz CT molecular complexity index is 537. The average Bonchev–Trinajstić information content (AvgIpc) is 2.78. The van der Waals surface area contributed by atoms with Crippen molar-refractivity contribution in [3.63, 3.8) is 0 Å². The molecular weight excluding hydrogens is 302 g/mol. The minimum Gasteiger partial charge on any atom is -0.389 e. The molecule has 0 aromatic carbocycles. The van der Waals surface area contributed by atoms with Gasteiger partial charge in [-0.2, -0.15) is 0 Å². The molecule has 19 heavy (non-hydrogen) atoms. The summed E-state index contributed by atoms with van der Waals surface area (Å²) in [4.78, 5) is 2.87. The van der Waals surface area contributed by atoms with Crippen LogP contribution < -0.4 is 5.73 Å². The van der Waals surface area contributed by atoms with Gasteiger partial charge in [0.2, 0.25) is 0 Å². The van der Waals surface area contributed by atoms with Crippen molar-refractivity contribution in [2.75, 3.05) is 34.2 Å². The molecule has 1 aromatic heterocycles. The first-order valence-electron chi connectivity index (χ1n) is 5.76. The Hall–Kier alpha value is -0.540. The highest BCUT2D eigenvalue weighted by atomic mass is 32.2. The summed E-state index contributed by atoms with van der Waals surface area (Å²) in [6, 6.07) is 3.20. The lowest BCUT2D eigenvalue weighted by molar-refractivity contribution is 0.370. The molecule has 0 saturated carbocycles. The predicted octanol–water partition coefficient (Wildman–Crippen LogP) is 0.954. The maximum Gasteiger partial charge on any atom is 0.252 e. The monoisotopic (exact) mass is 321 g/mol. The Kier molecular flexibility index (Phi) is 5.87. The molecule has 5 nitrogen and oxygen atoms in total. The molecule has 0 aliphatic rings. The standard InChI is InChI=1S/C11H19N3O2S3/c1-13(2)7-4-8-14(3)19(15,16)10-6-5-9(18-10)11(12)17/h5-6H,4,7-8H2,1-3H3,(H2,12,17). The van der Waals surface area contributed by atoms with Crippen LogP contribution in [0.2, 0.25) is 0 Å². The quantitative estimate of drug-likeness (QED) is 0.758. The summed E-state index contributed by atoms with van der Waals surface area (Å²) < 4.78 is 26.2. The third-order valence-electron chi connectivity index (χ3n) is 2.57. The van der Waals surface area contributed by atoms with Gasteiger partial charge in [-0.05, 0) is 39.2 Å². The van der Waals surface area contributed by atoms with Gasteiger partial charge in [0.1, 0.15) is 9.20 Å². The van der Waals surface area contributed by atoms with E-state index in [1.54, 1.807) is 19.2 Å². The summed E-state index contributed by atoms with van der Waals surface area (Å²) >= 11 is 5.95. The molecule has 0 spiro atoms. The summed E-state index contributed by atoms with van der Waals surface area (Å²) in [5.74, 6) is 0. The molecule has 1 aromatic rings. The maximum atomic E-state index is 12.3. The van der Waals surface area contributed by atoms with Crippen LogP contribution in [-0.2, 0) is 10.0 Å². The summed E-state index contributed by atoms with van der Waals surface area (Å²) in [7, 11) is 2.08. The predicted molar refractivity (Wildman–Crippen MR) is 83.2 cm³/mol. The summed E-state index contributed by atoms with van der Waals surface area (Å²) in [6.45, 7) is 1.34. The Balaban J connectivity index is 2.75. The number of thiophene rings is 1. The summed E-state index contributed by atoms with van der Waals surface area (Å²) in [5.41, 5.74) is 5.49. The first kappa shape index (κ1) is 16.5. The van der Waals surface area contributed by atoms with E-state index < -0.39 is 10.0 Å². The van der Waals surface area contributed by atoms with Gasteiger partial charge in [-0.3, -0.25) is 0 Å². The van der Waals surface area contributed by atoms with Crippen LogP contribution in [0.4, 0.5) is 0 Å². The van der Waals surface area contributed by atoms with Gasteiger partial charge in [0.05, 0.1) is 4.88 Å². The highest BCUT2D eigenvalue weighted by Gasteiger charge is 2.22. The second kappa shape index (κ2) is 6.76. The van der Waals surface area contributed by atoms with Gasteiger partial charge in [-0.25, -0.2) is 12.7 Å². The second-order valence-electron chi connectivity index (χ2n) is 4.47. The molecule has 0 unspecified atom stereocenters. The highest BCUT2D eigenvalue weighted by Crippen LogP contribution is 2.24. The van der Waals surface area contributed by atoms with Crippen LogP contribution in [0.15, 0.2) is 16.3 Å². The summed E-state index contributed by atoms with van der Waals surface area (Å²) in [6.07, 6.45) is 0.788. The maximum absolute atomic E-state index is 12.3. The van der Waals surface area contributed by atoms with Gasteiger partial charge in [0, 0.05) is 13.6 Å². The molecule has 0 aliphatic heterocycles. The molecule has 0 radical (unpaired) electrons. The van der Waals surface area contributed by atoms with E-state index in [9.17, 15) is 8.42 Å². The van der Waals surface area contributed by atoms with E-state index in [2.05, 4.69) is 0 Å². The first-order valence-corrected chi connectivity index (χ1v) is 8.42. The van der Waals surface area contributed by atoms with E-state index in [0.717, 1.165) is 24.3 Å². The second-order valence-corrected chi connectivity index (χ2v) is 8.26. The van der Waals surface area contributed by atoms with E-state index in [0.29, 0.717) is 11.4 Å². The van der Waals surface area contributed by atoms with Crippen LogP contribution in [0, 0.1) is 0 Å². The average molecular weight is 321 g/mol. The topological polar surface area (TPSA) is 66.6 Å². The fraction of sp³-hybridized carbons (Fsp3) is 0.545. The van der Waals surface area contributed by atoms with Crippen LogP contribution in [0.5, 0.6) is 0 Å². The van der Waals surface area contributed by atoms with Gasteiger partial charge in [-0.1, -0.05) is 12.2 Å². The molecule has 2 N–H and O–H groups in total. The van der Waals surface area contributed by atoms with E-state index in [1.165, 1.54) is 4.31 Å². The number of rotatable bonds is 7. The fourth-order valence-corrected chi connectivity index (χ4v) is 4.25. The molecule has 1 rings (SSSR count). The minimum atomic E-state index is -3.43. The zero-order chi connectivity index (χ0) is 14.6. The van der Waals surface area contributed by atoms with E-state index in [1.807, 2.05) is 19.0 Å². The molecular formula is C11H19N3O2S3. The number of hydrogen-bond donors (Lipinski definition) is 1. The third-order valence-corrected chi connectivity index (χ3v) is 6.36. The van der Waals surface area contributed by atoms with Crippen LogP contribution >= 0.6 is 23.6 Å². The molecule has 0 atom stereocenters. The van der Waals surface area contributed by atoms with Crippen LogP contribution in [0.1, 0.15) is 11.3 Å². The lowest BCUT2D eigenvalue weighted by Gasteiger charge is -2.17. The molecule has 108 valence electrons. The number of sulfonamides is 1.